The number of anilines is 1. The number of hydrogen-bond donors (Lipinski definition) is 1. The van der Waals surface area contributed by atoms with Gasteiger partial charge >= 0.3 is 0 Å². The Balaban J connectivity index is 1.14. The van der Waals surface area contributed by atoms with Gasteiger partial charge in [-0.3, -0.25) is 9.59 Å². The molecule has 1 N–H and O–H groups in total. The van der Waals surface area contributed by atoms with Crippen LogP contribution in [0, 0.1) is 24.7 Å². The summed E-state index contributed by atoms with van der Waals surface area (Å²) in [5.74, 6) is 0.556. The molecule has 2 amide bonds. The number of carbonyl (C=O) groups excluding carboxylic acids is 2. The first kappa shape index (κ1) is 19.6. The molecule has 32 heavy (non-hydrogen) atoms. The van der Waals surface area contributed by atoms with Crippen molar-refractivity contribution in [3.05, 3.63) is 76.3 Å². The average molecular weight is 489 g/mol. The highest BCUT2D eigenvalue weighted by Gasteiger charge is 2.60. The quantitative estimate of drug-likeness (QED) is 0.407. The minimum absolute atomic E-state index is 0.0261. The fraction of sp³-hybridized carbons (Fsp3) is 0.231. The molecule has 2 fully saturated rings. The predicted molar refractivity (Wildman–Crippen MR) is 128 cm³/mol. The lowest BCUT2D eigenvalue weighted by Gasteiger charge is -2.21. The van der Waals surface area contributed by atoms with Gasteiger partial charge < -0.3 is 14.6 Å². The molecule has 2 aliphatic rings. The Bertz CT molecular complexity index is 1400. The molecular formula is C26H21BrN2O3. The zero-order chi connectivity index (χ0) is 22.0. The van der Waals surface area contributed by atoms with Crippen LogP contribution >= 0.6 is 15.9 Å². The van der Waals surface area contributed by atoms with Crippen LogP contribution < -0.4 is 5.32 Å². The number of halogens is 1. The minimum atomic E-state index is -0.0261. The molecule has 1 saturated heterocycles. The molecule has 160 valence electrons. The third-order valence-electron chi connectivity index (χ3n) is 6.85. The van der Waals surface area contributed by atoms with Crippen LogP contribution in [-0.4, -0.2) is 29.8 Å². The van der Waals surface area contributed by atoms with E-state index >= 15 is 0 Å². The molecule has 1 saturated carbocycles. The molecule has 3 atom stereocenters. The number of amides is 2. The number of rotatable bonds is 3. The lowest BCUT2D eigenvalue weighted by atomic mass is 10.1. The van der Waals surface area contributed by atoms with Crippen molar-refractivity contribution in [1.82, 2.24) is 4.90 Å². The molecule has 2 heterocycles. The number of nitrogens with zero attached hydrogens (tertiary/aromatic N) is 1. The lowest BCUT2D eigenvalue weighted by Crippen LogP contribution is -2.33. The Morgan fingerprint density at radius 3 is 2.50 bits per heavy atom. The van der Waals surface area contributed by atoms with Gasteiger partial charge in [0.1, 0.15) is 11.2 Å². The zero-order valence-electron chi connectivity index (χ0n) is 17.5. The highest BCUT2D eigenvalue weighted by atomic mass is 79.9. The van der Waals surface area contributed by atoms with Crippen molar-refractivity contribution in [2.24, 2.45) is 17.8 Å². The summed E-state index contributed by atoms with van der Waals surface area (Å²) in [4.78, 5) is 27.7. The standard InChI is InChI=1S/C26H21BrN2O3/c1-14-10-15(27)6-8-17(14)26(31)29-12-20-21(13-29)24(20)25(30)28-16-7-9-23-19(11-16)18-4-2-3-5-22(18)32-23/h2-11,20-21,24H,12-13H2,1H3,(H,28,30)/t20-,21+,24?. The van der Waals surface area contributed by atoms with Crippen LogP contribution in [0.4, 0.5) is 5.69 Å². The average Bonchev–Trinajstić information content (AvgIpc) is 3.11. The second-order valence-corrected chi connectivity index (χ2v) is 9.74. The number of benzene rings is 3. The van der Waals surface area contributed by atoms with E-state index in [1.54, 1.807) is 0 Å². The molecule has 1 aromatic heterocycles. The second kappa shape index (κ2) is 7.20. The molecule has 3 aromatic carbocycles. The Hall–Kier alpha value is -3.12. The van der Waals surface area contributed by atoms with Crippen molar-refractivity contribution < 1.29 is 14.0 Å². The monoisotopic (exact) mass is 488 g/mol. The summed E-state index contributed by atoms with van der Waals surface area (Å²) >= 11 is 3.44. The van der Waals surface area contributed by atoms with Crippen LogP contribution in [0.25, 0.3) is 21.9 Å². The largest absolute Gasteiger partial charge is 0.456 e. The summed E-state index contributed by atoms with van der Waals surface area (Å²) in [6, 6.07) is 19.4. The number of likely N-dealkylation sites (tertiary alicyclic amines) is 1. The van der Waals surface area contributed by atoms with Gasteiger partial charge in [-0.05, 0) is 66.8 Å². The molecule has 5 nitrogen and oxygen atoms in total. The smallest absolute Gasteiger partial charge is 0.254 e. The summed E-state index contributed by atoms with van der Waals surface area (Å²) in [6.07, 6.45) is 0. The van der Waals surface area contributed by atoms with E-state index in [0.717, 1.165) is 43.2 Å². The number of furan rings is 1. The predicted octanol–water partition coefficient (Wildman–Crippen LogP) is 5.61. The Morgan fingerprint density at radius 1 is 0.969 bits per heavy atom. The first-order chi connectivity index (χ1) is 15.5. The fourth-order valence-corrected chi connectivity index (χ4v) is 5.62. The zero-order valence-corrected chi connectivity index (χ0v) is 19.1. The molecule has 1 unspecified atom stereocenters. The number of nitrogens with one attached hydrogen (secondary N) is 1. The molecule has 0 radical (unpaired) electrons. The topological polar surface area (TPSA) is 62.6 Å². The van der Waals surface area contributed by atoms with Crippen molar-refractivity contribution in [3.63, 3.8) is 0 Å². The van der Waals surface area contributed by atoms with E-state index in [-0.39, 0.29) is 29.6 Å². The molecule has 0 spiro atoms. The SMILES string of the molecule is Cc1cc(Br)ccc1C(=O)N1C[C@@H]2C(C(=O)Nc3ccc4oc5ccccc5c4c3)[C@@H]2C1. The summed E-state index contributed by atoms with van der Waals surface area (Å²) in [5.41, 5.74) is 4.12. The van der Waals surface area contributed by atoms with E-state index in [0.29, 0.717) is 13.1 Å². The number of fused-ring (bicyclic) bond motifs is 4. The number of carbonyl (C=O) groups is 2. The highest BCUT2D eigenvalue weighted by molar-refractivity contribution is 9.10. The second-order valence-electron chi connectivity index (χ2n) is 8.82. The van der Waals surface area contributed by atoms with Gasteiger partial charge in [0, 0.05) is 45.5 Å². The van der Waals surface area contributed by atoms with Crippen LogP contribution in [0.15, 0.2) is 69.6 Å². The summed E-state index contributed by atoms with van der Waals surface area (Å²) < 4.78 is 6.83. The van der Waals surface area contributed by atoms with E-state index in [1.807, 2.05) is 72.5 Å². The lowest BCUT2D eigenvalue weighted by molar-refractivity contribution is -0.118. The Labute approximate surface area is 193 Å². The summed E-state index contributed by atoms with van der Waals surface area (Å²) in [5, 5.41) is 5.12. The molecule has 6 rings (SSSR count). The normalized spacial score (nSPS) is 21.7. The van der Waals surface area contributed by atoms with Crippen LogP contribution in [0.5, 0.6) is 0 Å². The molecule has 4 aromatic rings. The van der Waals surface area contributed by atoms with Gasteiger partial charge in [-0.25, -0.2) is 0 Å². The Kier molecular flexibility index (Phi) is 4.40. The number of hydrogen-bond acceptors (Lipinski definition) is 3. The maximum absolute atomic E-state index is 12.9. The number of para-hydroxylation sites is 1. The van der Waals surface area contributed by atoms with Gasteiger partial charge in [0.2, 0.25) is 5.91 Å². The van der Waals surface area contributed by atoms with Crippen molar-refractivity contribution in [1.29, 1.82) is 0 Å². The van der Waals surface area contributed by atoms with Crippen molar-refractivity contribution in [2.75, 3.05) is 18.4 Å². The highest BCUT2D eigenvalue weighted by Crippen LogP contribution is 2.52. The molecule has 1 aliphatic heterocycles. The van der Waals surface area contributed by atoms with Crippen molar-refractivity contribution >= 4 is 55.4 Å². The van der Waals surface area contributed by atoms with Gasteiger partial charge in [0.15, 0.2) is 0 Å². The molecule has 0 bridgehead atoms. The Morgan fingerprint density at radius 2 is 1.72 bits per heavy atom. The third-order valence-corrected chi connectivity index (χ3v) is 7.34. The number of piperidine rings is 1. The fourth-order valence-electron chi connectivity index (χ4n) is 5.15. The number of aryl methyl sites for hydroxylation is 1. The van der Waals surface area contributed by atoms with Crippen LogP contribution in [0.3, 0.4) is 0 Å². The van der Waals surface area contributed by atoms with Crippen LogP contribution in [0.1, 0.15) is 15.9 Å². The summed E-state index contributed by atoms with van der Waals surface area (Å²) in [6.45, 7) is 3.23. The van der Waals surface area contributed by atoms with Crippen LogP contribution in [0.2, 0.25) is 0 Å². The molecular weight excluding hydrogens is 468 g/mol. The molecule has 6 heteroatoms. The third kappa shape index (κ3) is 3.13. The van der Waals surface area contributed by atoms with Crippen molar-refractivity contribution in [2.45, 2.75) is 6.92 Å². The maximum Gasteiger partial charge on any atom is 0.254 e. The minimum Gasteiger partial charge on any atom is -0.456 e. The van der Waals surface area contributed by atoms with Crippen LogP contribution in [-0.2, 0) is 4.79 Å². The van der Waals surface area contributed by atoms with Gasteiger partial charge in [-0.2, -0.15) is 0 Å². The van der Waals surface area contributed by atoms with E-state index < -0.39 is 0 Å². The molecule has 1 aliphatic carbocycles. The van der Waals surface area contributed by atoms with E-state index in [2.05, 4.69) is 21.2 Å². The van der Waals surface area contributed by atoms with Gasteiger partial charge in [0.05, 0.1) is 0 Å². The van der Waals surface area contributed by atoms with E-state index in [9.17, 15) is 9.59 Å². The summed E-state index contributed by atoms with van der Waals surface area (Å²) in [7, 11) is 0. The van der Waals surface area contributed by atoms with E-state index in [4.69, 9.17) is 4.42 Å². The van der Waals surface area contributed by atoms with Crippen molar-refractivity contribution in [3.8, 4) is 0 Å². The maximum atomic E-state index is 12.9. The first-order valence-electron chi connectivity index (χ1n) is 10.8. The van der Waals surface area contributed by atoms with Gasteiger partial charge in [-0.15, -0.1) is 0 Å². The van der Waals surface area contributed by atoms with E-state index in [1.165, 1.54) is 0 Å². The first-order valence-corrected chi connectivity index (χ1v) is 11.6. The van der Waals surface area contributed by atoms with Gasteiger partial charge in [-0.1, -0.05) is 34.1 Å². The van der Waals surface area contributed by atoms with Gasteiger partial charge in [0.25, 0.3) is 5.91 Å².